The molecule has 4 rings (SSSR count). The summed E-state index contributed by atoms with van der Waals surface area (Å²) in [5.74, 6) is 0.756. The van der Waals surface area contributed by atoms with Gasteiger partial charge in [0.05, 0.1) is 0 Å². The van der Waals surface area contributed by atoms with Gasteiger partial charge in [0.15, 0.2) is 0 Å². The van der Waals surface area contributed by atoms with E-state index in [4.69, 9.17) is 0 Å². The van der Waals surface area contributed by atoms with Gasteiger partial charge in [-0.15, -0.1) is 11.8 Å². The fourth-order valence-electron chi connectivity index (χ4n) is 4.95. The molecule has 0 bridgehead atoms. The first-order valence-corrected chi connectivity index (χ1v) is 11.8. The number of hydrogen-bond donors (Lipinski definition) is 1. The molecule has 6 heteroatoms. The molecular formula is C22H31N3O2S. The average Bonchev–Trinajstić information content (AvgIpc) is 2.73. The van der Waals surface area contributed by atoms with E-state index in [2.05, 4.69) is 40.7 Å². The summed E-state index contributed by atoms with van der Waals surface area (Å²) in [7, 11) is 0. The van der Waals surface area contributed by atoms with Crippen LogP contribution in [0.3, 0.4) is 0 Å². The number of nitrogens with one attached hydrogen (secondary N) is 1. The third-order valence-corrected chi connectivity index (χ3v) is 7.22. The largest absolute Gasteiger partial charge is 0.342 e. The molecule has 0 unspecified atom stereocenters. The fourth-order valence-corrected chi connectivity index (χ4v) is 5.43. The van der Waals surface area contributed by atoms with Crippen molar-refractivity contribution in [3.63, 3.8) is 0 Å². The molecule has 0 radical (unpaired) electrons. The second-order valence-corrected chi connectivity index (χ2v) is 9.31. The molecule has 5 nitrogen and oxygen atoms in total. The van der Waals surface area contributed by atoms with Gasteiger partial charge in [-0.1, -0.05) is 44.2 Å². The maximum absolute atomic E-state index is 13.0. The summed E-state index contributed by atoms with van der Waals surface area (Å²) in [5.41, 5.74) is 1.26. The maximum atomic E-state index is 13.0. The Morgan fingerprint density at radius 1 is 1.14 bits per heavy atom. The van der Waals surface area contributed by atoms with Gasteiger partial charge in [-0.25, -0.2) is 0 Å². The molecular weight excluding hydrogens is 370 g/mol. The van der Waals surface area contributed by atoms with Gasteiger partial charge in [-0.2, -0.15) is 0 Å². The highest BCUT2D eigenvalue weighted by atomic mass is 32.2. The lowest BCUT2D eigenvalue weighted by atomic mass is 9.84. The van der Waals surface area contributed by atoms with E-state index in [1.54, 1.807) is 11.8 Å². The Labute approximate surface area is 172 Å². The number of thioether (sulfide) groups is 1. The SMILES string of the molecule is CSc1cccc(CN2CCN3C(=O)[C@H](CC4CCCCC4)NC(=O)[C@H]3C2)c1. The first-order chi connectivity index (χ1) is 13.6. The van der Waals surface area contributed by atoms with Gasteiger partial charge in [0, 0.05) is 31.1 Å². The fraction of sp³-hybridized carbons (Fsp3) is 0.636. The quantitative estimate of drug-likeness (QED) is 0.771. The van der Waals surface area contributed by atoms with E-state index in [0.29, 0.717) is 19.0 Å². The molecule has 1 aliphatic carbocycles. The van der Waals surface area contributed by atoms with Crippen LogP contribution in [0.5, 0.6) is 0 Å². The van der Waals surface area contributed by atoms with Crippen molar-refractivity contribution in [3.05, 3.63) is 29.8 Å². The van der Waals surface area contributed by atoms with Crippen LogP contribution in [-0.4, -0.2) is 59.6 Å². The summed E-state index contributed by atoms with van der Waals surface area (Å²) in [6.07, 6.45) is 9.14. The molecule has 0 aromatic heterocycles. The third kappa shape index (κ3) is 4.38. The molecule has 1 N–H and O–H groups in total. The number of carbonyl (C=O) groups excluding carboxylic acids is 2. The minimum absolute atomic E-state index is 0.0305. The normalized spacial score (nSPS) is 26.8. The highest BCUT2D eigenvalue weighted by Crippen LogP contribution is 2.29. The number of nitrogens with zero attached hydrogens (tertiary/aromatic N) is 2. The number of benzene rings is 1. The standard InChI is InChI=1S/C22H31N3O2S/c1-28-18-9-5-8-17(12-18)14-24-10-11-25-20(15-24)21(26)23-19(22(25)27)13-16-6-3-2-4-7-16/h5,8-9,12,16,19-20H,2-4,6-7,10-11,13-15H2,1H3,(H,23,26)/t19-,20+/m0/s1. The van der Waals surface area contributed by atoms with Crippen molar-refractivity contribution < 1.29 is 9.59 Å². The predicted octanol–water partition coefficient (Wildman–Crippen LogP) is 2.89. The second kappa shape index (κ2) is 8.87. The van der Waals surface area contributed by atoms with E-state index in [0.717, 1.165) is 19.5 Å². The maximum Gasteiger partial charge on any atom is 0.245 e. The molecule has 28 heavy (non-hydrogen) atoms. The molecule has 3 aliphatic rings. The predicted molar refractivity (Wildman–Crippen MR) is 112 cm³/mol. The number of carbonyl (C=O) groups is 2. The lowest BCUT2D eigenvalue weighted by molar-refractivity contribution is -0.153. The van der Waals surface area contributed by atoms with Crippen LogP contribution < -0.4 is 5.32 Å². The third-order valence-electron chi connectivity index (χ3n) is 6.50. The lowest BCUT2D eigenvalue weighted by Crippen LogP contribution is -2.69. The number of piperazine rings is 2. The van der Waals surface area contributed by atoms with Gasteiger partial charge < -0.3 is 10.2 Å². The second-order valence-electron chi connectivity index (χ2n) is 8.43. The zero-order chi connectivity index (χ0) is 19.5. The summed E-state index contributed by atoms with van der Waals surface area (Å²) < 4.78 is 0. The van der Waals surface area contributed by atoms with E-state index in [1.165, 1.54) is 42.6 Å². The molecule has 2 amide bonds. The van der Waals surface area contributed by atoms with Crippen LogP contribution >= 0.6 is 11.8 Å². The summed E-state index contributed by atoms with van der Waals surface area (Å²) in [4.78, 5) is 31.2. The van der Waals surface area contributed by atoms with E-state index in [-0.39, 0.29) is 23.9 Å². The molecule has 152 valence electrons. The van der Waals surface area contributed by atoms with Crippen molar-refractivity contribution in [1.29, 1.82) is 0 Å². The highest BCUT2D eigenvalue weighted by molar-refractivity contribution is 7.98. The molecule has 2 heterocycles. The molecule has 2 saturated heterocycles. The average molecular weight is 402 g/mol. The van der Waals surface area contributed by atoms with Gasteiger partial charge in [-0.3, -0.25) is 14.5 Å². The molecule has 3 fully saturated rings. The van der Waals surface area contributed by atoms with E-state index in [1.807, 2.05) is 4.90 Å². The van der Waals surface area contributed by atoms with Gasteiger partial charge in [0.25, 0.3) is 0 Å². The highest BCUT2D eigenvalue weighted by Gasteiger charge is 2.43. The topological polar surface area (TPSA) is 52.6 Å². The van der Waals surface area contributed by atoms with Gasteiger partial charge >= 0.3 is 0 Å². The minimum Gasteiger partial charge on any atom is -0.342 e. The van der Waals surface area contributed by atoms with Crippen LogP contribution in [0, 0.1) is 5.92 Å². The molecule has 1 saturated carbocycles. The van der Waals surface area contributed by atoms with Crippen LogP contribution in [0.2, 0.25) is 0 Å². The van der Waals surface area contributed by atoms with Crippen molar-refractivity contribution in [2.24, 2.45) is 5.92 Å². The summed E-state index contributed by atoms with van der Waals surface area (Å²) >= 11 is 1.74. The molecule has 1 aromatic carbocycles. The number of fused-ring (bicyclic) bond motifs is 1. The van der Waals surface area contributed by atoms with Gasteiger partial charge in [-0.05, 0) is 36.3 Å². The monoisotopic (exact) mass is 401 g/mol. The Morgan fingerprint density at radius 3 is 2.75 bits per heavy atom. The minimum atomic E-state index is -0.340. The molecule has 2 atom stereocenters. The van der Waals surface area contributed by atoms with Crippen LogP contribution in [0.1, 0.15) is 44.1 Å². The first kappa shape index (κ1) is 19.8. The summed E-state index contributed by atoms with van der Waals surface area (Å²) in [6, 6.07) is 7.90. The Morgan fingerprint density at radius 2 is 1.96 bits per heavy atom. The van der Waals surface area contributed by atoms with Crippen molar-refractivity contribution in [3.8, 4) is 0 Å². The van der Waals surface area contributed by atoms with Crippen LogP contribution in [0.15, 0.2) is 29.2 Å². The smallest absolute Gasteiger partial charge is 0.245 e. The molecule has 1 aromatic rings. The first-order valence-electron chi connectivity index (χ1n) is 10.6. The number of hydrogen-bond acceptors (Lipinski definition) is 4. The number of amides is 2. The molecule has 0 spiro atoms. The van der Waals surface area contributed by atoms with E-state index < -0.39 is 0 Å². The Balaban J connectivity index is 1.37. The van der Waals surface area contributed by atoms with Crippen molar-refractivity contribution >= 4 is 23.6 Å². The lowest BCUT2D eigenvalue weighted by Gasteiger charge is -2.46. The van der Waals surface area contributed by atoms with Crippen LogP contribution in [0.4, 0.5) is 0 Å². The van der Waals surface area contributed by atoms with E-state index in [9.17, 15) is 9.59 Å². The zero-order valence-electron chi connectivity index (χ0n) is 16.7. The summed E-state index contributed by atoms with van der Waals surface area (Å²) in [5, 5.41) is 3.06. The van der Waals surface area contributed by atoms with Crippen LogP contribution in [0.25, 0.3) is 0 Å². The Hall–Kier alpha value is -1.53. The van der Waals surface area contributed by atoms with E-state index >= 15 is 0 Å². The molecule has 2 aliphatic heterocycles. The summed E-state index contributed by atoms with van der Waals surface area (Å²) in [6.45, 7) is 2.93. The van der Waals surface area contributed by atoms with Crippen molar-refractivity contribution in [2.75, 3.05) is 25.9 Å². The van der Waals surface area contributed by atoms with Crippen molar-refractivity contribution in [2.45, 2.75) is 62.0 Å². The van der Waals surface area contributed by atoms with Gasteiger partial charge in [0.1, 0.15) is 12.1 Å². The Kier molecular flexibility index (Phi) is 6.26. The number of rotatable bonds is 5. The van der Waals surface area contributed by atoms with Crippen LogP contribution in [-0.2, 0) is 16.1 Å². The van der Waals surface area contributed by atoms with Gasteiger partial charge in [0.2, 0.25) is 11.8 Å². The zero-order valence-corrected chi connectivity index (χ0v) is 17.5. The van der Waals surface area contributed by atoms with Crippen molar-refractivity contribution in [1.82, 2.24) is 15.1 Å². The Bertz CT molecular complexity index is 719.